The Morgan fingerprint density at radius 3 is 1.98 bits per heavy atom. The number of nitrogens with zero attached hydrogens (tertiary/aromatic N) is 2. The fraction of sp³-hybridized carbons (Fsp3) is 0.0328. The molecule has 12 aromatic rings. The number of aliphatic imine (C=N–C) groups is 1. The molecule has 0 saturated heterocycles. The Morgan fingerprint density at radius 2 is 1.23 bits per heavy atom. The Hall–Kier alpha value is -8.45. The van der Waals surface area contributed by atoms with Crippen molar-refractivity contribution in [1.82, 2.24) is 4.57 Å². The van der Waals surface area contributed by atoms with E-state index in [2.05, 4.69) is 205 Å². The van der Waals surface area contributed by atoms with Crippen molar-refractivity contribution < 1.29 is 4.42 Å². The second-order valence-electron chi connectivity index (χ2n) is 17.2. The molecular formula is C61H36N2O. The number of aromatic nitrogens is 1. The zero-order chi connectivity index (χ0) is 41.9. The van der Waals surface area contributed by atoms with Crippen LogP contribution in [0.2, 0.25) is 0 Å². The average molecular weight is 813 g/mol. The highest BCUT2D eigenvalue weighted by molar-refractivity contribution is 6.27. The van der Waals surface area contributed by atoms with E-state index in [4.69, 9.17) is 9.41 Å². The van der Waals surface area contributed by atoms with Crippen LogP contribution in [-0.2, 0) is 0 Å². The van der Waals surface area contributed by atoms with E-state index in [-0.39, 0.29) is 5.92 Å². The number of hydrogen-bond acceptors (Lipinski definition) is 2. The molecule has 0 saturated carbocycles. The van der Waals surface area contributed by atoms with Gasteiger partial charge in [-0.05, 0) is 110 Å². The number of furan rings is 1. The van der Waals surface area contributed by atoms with E-state index in [9.17, 15) is 0 Å². The number of benzene rings is 9. The van der Waals surface area contributed by atoms with Crippen LogP contribution in [0.5, 0.6) is 0 Å². The summed E-state index contributed by atoms with van der Waals surface area (Å²) in [5.74, 6) is 0.713. The van der Waals surface area contributed by atoms with Gasteiger partial charge in [0, 0.05) is 39.0 Å². The third kappa shape index (κ3) is 5.08. The first-order chi connectivity index (χ1) is 31.7. The monoisotopic (exact) mass is 812 g/mol. The third-order valence-electron chi connectivity index (χ3n) is 13.8. The Kier molecular flexibility index (Phi) is 7.43. The molecule has 2 aromatic heterocycles. The Balaban J connectivity index is 1.18. The molecule has 1 atom stereocenters. The fourth-order valence-electron chi connectivity index (χ4n) is 10.9. The van der Waals surface area contributed by atoms with Gasteiger partial charge in [0.2, 0.25) is 0 Å². The summed E-state index contributed by atoms with van der Waals surface area (Å²) >= 11 is 0. The molecule has 0 radical (unpaired) electrons. The minimum Gasteiger partial charge on any atom is -0.454 e. The first kappa shape index (κ1) is 35.2. The van der Waals surface area contributed by atoms with E-state index in [1.165, 1.54) is 65.3 Å². The van der Waals surface area contributed by atoms with Crippen molar-refractivity contribution in [2.45, 2.75) is 12.3 Å². The van der Waals surface area contributed by atoms with Gasteiger partial charge in [0.1, 0.15) is 11.3 Å². The van der Waals surface area contributed by atoms with E-state index in [0.29, 0.717) is 0 Å². The molecule has 4 heterocycles. The van der Waals surface area contributed by atoms with Gasteiger partial charge in [-0.15, -0.1) is 0 Å². The van der Waals surface area contributed by atoms with Crippen LogP contribution < -0.4 is 0 Å². The molecule has 1 unspecified atom stereocenters. The average Bonchev–Trinajstić information content (AvgIpc) is 3.88. The van der Waals surface area contributed by atoms with Crippen molar-refractivity contribution in [3.63, 3.8) is 0 Å². The maximum atomic E-state index is 7.24. The molecular weight excluding hydrogens is 777 g/mol. The van der Waals surface area contributed by atoms with Gasteiger partial charge < -0.3 is 8.98 Å². The molecule has 3 nitrogen and oxygen atoms in total. The maximum absolute atomic E-state index is 7.24. The van der Waals surface area contributed by atoms with Gasteiger partial charge in [-0.1, -0.05) is 164 Å². The van der Waals surface area contributed by atoms with E-state index < -0.39 is 0 Å². The third-order valence-corrected chi connectivity index (χ3v) is 13.8. The van der Waals surface area contributed by atoms with Gasteiger partial charge in [0.25, 0.3) is 0 Å². The van der Waals surface area contributed by atoms with Gasteiger partial charge >= 0.3 is 0 Å². The van der Waals surface area contributed by atoms with Crippen molar-refractivity contribution in [1.29, 1.82) is 0 Å². The summed E-state index contributed by atoms with van der Waals surface area (Å²) in [5, 5.41) is 10.8. The maximum Gasteiger partial charge on any atom is 0.161 e. The number of hydrogen-bond donors (Lipinski definition) is 0. The highest BCUT2D eigenvalue weighted by atomic mass is 16.3. The van der Waals surface area contributed by atoms with Crippen molar-refractivity contribution in [3.05, 3.63) is 235 Å². The molecule has 4 bridgehead atoms. The van der Waals surface area contributed by atoms with Crippen LogP contribution in [0.25, 0.3) is 98.6 Å². The molecule has 0 spiro atoms. The predicted octanol–water partition coefficient (Wildman–Crippen LogP) is 16.0. The molecule has 2 aliphatic rings. The van der Waals surface area contributed by atoms with E-state index in [1.54, 1.807) is 0 Å². The summed E-state index contributed by atoms with van der Waals surface area (Å²) in [4.78, 5) is 5.87. The normalized spacial score (nSPS) is 15.2. The SMILES string of the molecule is c1cccc(-c2cccc3oc4c(c23)N=C(c2ccccc2)C2C/C=C/4c3cc4c5ccccc5c5ccccc5c4cc3-n3c4ccc(-c5ccccc5)cc4c4ccc2cc43)c#1. The molecule has 0 N–H and O–H groups in total. The lowest BCUT2D eigenvalue weighted by Gasteiger charge is -2.25. The molecule has 296 valence electrons. The summed E-state index contributed by atoms with van der Waals surface area (Å²) in [6.45, 7) is 0. The number of fused-ring (bicyclic) bond motifs is 20. The van der Waals surface area contributed by atoms with Gasteiger partial charge in [-0.3, -0.25) is 0 Å². The topological polar surface area (TPSA) is 30.4 Å². The zero-order valence-corrected chi connectivity index (χ0v) is 34.6. The van der Waals surface area contributed by atoms with Crippen LogP contribution in [0.3, 0.4) is 0 Å². The van der Waals surface area contributed by atoms with Gasteiger partial charge in [0.05, 0.1) is 27.8 Å². The molecule has 0 aliphatic carbocycles. The number of rotatable bonds is 3. The van der Waals surface area contributed by atoms with Gasteiger partial charge in [-0.2, -0.15) is 0 Å². The molecule has 3 heteroatoms. The largest absolute Gasteiger partial charge is 0.454 e. The Labute approximate surface area is 369 Å². The van der Waals surface area contributed by atoms with Crippen LogP contribution in [0.4, 0.5) is 5.69 Å². The first-order valence-corrected chi connectivity index (χ1v) is 22.1. The minimum absolute atomic E-state index is 0.0539. The standard InChI is InChI=1S/C61H36N2O/c1-4-15-37(16-5-1)40-28-32-54-52(33-40)48-29-27-41-34-55(48)63(54)56-36-51-47-24-13-11-22-45(47)44-21-10-12-23-46(44)50(51)35-53(56)49-31-30-43(41)59(39-19-8-3-9-20-39)62-60-58-42(38-17-6-2-7-18-38)25-14-26-57(58)64-61(49)60/h1-6,8-17,19-29,31-36,43H,30H2/b49-31+,62-59?. The predicted molar refractivity (Wildman–Crippen MR) is 265 cm³/mol. The Bertz CT molecular complexity index is 3960. The second-order valence-corrected chi connectivity index (χ2v) is 17.2. The molecule has 0 amide bonds. The van der Waals surface area contributed by atoms with Crippen LogP contribution >= 0.6 is 0 Å². The fourth-order valence-corrected chi connectivity index (χ4v) is 10.9. The van der Waals surface area contributed by atoms with Gasteiger partial charge in [-0.25, -0.2) is 4.99 Å². The van der Waals surface area contributed by atoms with Crippen molar-refractivity contribution in [2.24, 2.45) is 4.99 Å². The molecule has 2 aliphatic heterocycles. The molecule has 0 fully saturated rings. The highest BCUT2D eigenvalue weighted by Crippen LogP contribution is 2.51. The highest BCUT2D eigenvalue weighted by Gasteiger charge is 2.32. The summed E-state index contributed by atoms with van der Waals surface area (Å²) in [7, 11) is 0. The van der Waals surface area contributed by atoms with E-state index >= 15 is 0 Å². The quantitative estimate of drug-likeness (QED) is 0.163. The summed E-state index contributed by atoms with van der Waals surface area (Å²) in [6.07, 6.45) is 3.17. The molecule has 14 rings (SSSR count). The lowest BCUT2D eigenvalue weighted by molar-refractivity contribution is 0.600. The van der Waals surface area contributed by atoms with Gasteiger partial charge in [0.15, 0.2) is 5.76 Å². The minimum atomic E-state index is -0.0539. The van der Waals surface area contributed by atoms with Crippen molar-refractivity contribution in [3.8, 4) is 27.9 Å². The number of allylic oxidation sites excluding steroid dienone is 1. The van der Waals surface area contributed by atoms with E-state index in [0.717, 1.165) is 73.6 Å². The smallest absolute Gasteiger partial charge is 0.161 e. The second kappa shape index (κ2) is 13.5. The Morgan fingerprint density at radius 1 is 0.516 bits per heavy atom. The van der Waals surface area contributed by atoms with Crippen molar-refractivity contribution in [2.75, 3.05) is 0 Å². The summed E-state index contributed by atoms with van der Waals surface area (Å²) in [5.41, 5.74) is 14.9. The van der Waals surface area contributed by atoms with Crippen LogP contribution in [-0.4, -0.2) is 10.3 Å². The molecule has 64 heavy (non-hydrogen) atoms. The molecule has 10 aromatic carbocycles. The summed E-state index contributed by atoms with van der Waals surface area (Å²) in [6, 6.07) is 77.1. The van der Waals surface area contributed by atoms with Crippen LogP contribution in [0.15, 0.2) is 210 Å². The lowest BCUT2D eigenvalue weighted by Crippen LogP contribution is -2.16. The van der Waals surface area contributed by atoms with Crippen LogP contribution in [0.1, 0.15) is 34.8 Å². The van der Waals surface area contributed by atoms with Crippen molar-refractivity contribution >= 4 is 82.1 Å². The zero-order valence-electron chi connectivity index (χ0n) is 34.6. The van der Waals surface area contributed by atoms with E-state index in [1.807, 2.05) is 12.1 Å². The lowest BCUT2D eigenvalue weighted by atomic mass is 9.83. The first-order valence-electron chi connectivity index (χ1n) is 22.1. The van der Waals surface area contributed by atoms with Crippen LogP contribution in [0, 0.1) is 12.1 Å². The summed E-state index contributed by atoms with van der Waals surface area (Å²) < 4.78 is 9.77.